The Bertz CT molecular complexity index is 275. The number of hydrogen-bond acceptors (Lipinski definition) is 2. The predicted molar refractivity (Wildman–Crippen MR) is 56.4 cm³/mol. The average molecular weight is 232 g/mol. The van der Waals surface area contributed by atoms with Crippen molar-refractivity contribution in [1.29, 1.82) is 0 Å². The van der Waals surface area contributed by atoms with E-state index in [0.717, 1.165) is 13.1 Å². The highest BCUT2D eigenvalue weighted by Crippen LogP contribution is 2.41. The van der Waals surface area contributed by atoms with Crippen molar-refractivity contribution >= 4 is 5.91 Å². The van der Waals surface area contributed by atoms with Crippen LogP contribution in [0.2, 0.25) is 0 Å². The summed E-state index contributed by atoms with van der Waals surface area (Å²) in [5.41, 5.74) is 0. The van der Waals surface area contributed by atoms with Gasteiger partial charge in [-0.15, -0.1) is 0 Å². The number of amides is 1. The summed E-state index contributed by atoms with van der Waals surface area (Å²) in [6.07, 6.45) is 0.687. The van der Waals surface area contributed by atoms with Gasteiger partial charge < -0.3 is 9.80 Å². The van der Waals surface area contributed by atoms with Gasteiger partial charge in [-0.1, -0.05) is 0 Å². The maximum absolute atomic E-state index is 13.4. The van der Waals surface area contributed by atoms with E-state index in [4.69, 9.17) is 0 Å². The first-order valence-electron chi connectivity index (χ1n) is 5.86. The van der Waals surface area contributed by atoms with Crippen LogP contribution in [0.1, 0.15) is 19.3 Å². The summed E-state index contributed by atoms with van der Waals surface area (Å²) < 4.78 is 26.9. The minimum Gasteiger partial charge on any atom is -0.340 e. The van der Waals surface area contributed by atoms with E-state index in [1.54, 1.807) is 4.90 Å². The first-order valence-corrected chi connectivity index (χ1v) is 5.86. The molecule has 1 heterocycles. The molecule has 1 aliphatic heterocycles. The normalized spacial score (nSPS) is 30.7. The second kappa shape index (κ2) is 4.28. The third-order valence-corrected chi connectivity index (χ3v) is 3.63. The van der Waals surface area contributed by atoms with Crippen LogP contribution < -0.4 is 0 Å². The molecule has 1 unspecified atom stereocenters. The number of alkyl halides is 2. The van der Waals surface area contributed by atoms with E-state index in [-0.39, 0.29) is 12.3 Å². The highest BCUT2D eigenvalue weighted by molar-refractivity contribution is 5.80. The molecule has 1 saturated carbocycles. The molecule has 1 saturated heterocycles. The lowest BCUT2D eigenvalue weighted by molar-refractivity contribution is -0.148. The summed E-state index contributed by atoms with van der Waals surface area (Å²) in [6, 6.07) is 0. The molecular weight excluding hydrogens is 214 g/mol. The third kappa shape index (κ3) is 2.19. The van der Waals surface area contributed by atoms with Crippen molar-refractivity contribution in [2.75, 3.05) is 33.2 Å². The van der Waals surface area contributed by atoms with E-state index in [1.807, 2.05) is 7.05 Å². The summed E-state index contributed by atoms with van der Waals surface area (Å²) in [7, 11) is 1.98. The van der Waals surface area contributed by atoms with Gasteiger partial charge in [0.15, 0.2) is 0 Å². The topological polar surface area (TPSA) is 23.6 Å². The Morgan fingerprint density at radius 3 is 2.38 bits per heavy atom. The summed E-state index contributed by atoms with van der Waals surface area (Å²) in [6.45, 7) is 2.73. The molecule has 0 radical (unpaired) electrons. The van der Waals surface area contributed by atoms with E-state index in [9.17, 15) is 13.6 Å². The quantitative estimate of drug-likeness (QED) is 0.678. The average Bonchev–Trinajstić information content (AvgIpc) is 2.58. The van der Waals surface area contributed by atoms with Crippen LogP contribution in [-0.4, -0.2) is 54.9 Å². The summed E-state index contributed by atoms with van der Waals surface area (Å²) in [5.74, 6) is -4.17. The molecule has 2 aliphatic rings. The van der Waals surface area contributed by atoms with Crippen LogP contribution in [0.3, 0.4) is 0 Å². The third-order valence-electron chi connectivity index (χ3n) is 3.63. The van der Waals surface area contributed by atoms with E-state index in [1.165, 1.54) is 0 Å². The number of nitrogens with zero attached hydrogens (tertiary/aromatic N) is 2. The Labute approximate surface area is 94.4 Å². The molecular formula is C11H18F2N2O. The van der Waals surface area contributed by atoms with Gasteiger partial charge in [0, 0.05) is 32.6 Å². The van der Waals surface area contributed by atoms with Gasteiger partial charge in [-0.3, -0.25) is 4.79 Å². The van der Waals surface area contributed by atoms with Gasteiger partial charge >= 0.3 is 0 Å². The van der Waals surface area contributed by atoms with Gasteiger partial charge in [-0.2, -0.15) is 0 Å². The molecule has 1 atom stereocenters. The van der Waals surface area contributed by atoms with E-state index < -0.39 is 11.8 Å². The zero-order valence-electron chi connectivity index (χ0n) is 9.59. The first kappa shape index (κ1) is 11.8. The van der Waals surface area contributed by atoms with Gasteiger partial charge in [-0.05, 0) is 19.9 Å². The molecule has 92 valence electrons. The molecule has 3 nitrogen and oxygen atoms in total. The van der Waals surface area contributed by atoms with Crippen molar-refractivity contribution in [3.05, 3.63) is 0 Å². The number of carbonyl (C=O) groups is 1. The largest absolute Gasteiger partial charge is 0.340 e. The Morgan fingerprint density at radius 1 is 1.25 bits per heavy atom. The Balaban J connectivity index is 1.97. The van der Waals surface area contributed by atoms with Gasteiger partial charge in [0.2, 0.25) is 5.91 Å². The maximum Gasteiger partial charge on any atom is 0.259 e. The zero-order chi connectivity index (χ0) is 11.8. The van der Waals surface area contributed by atoms with Gasteiger partial charge in [0.25, 0.3) is 5.92 Å². The predicted octanol–water partition coefficient (Wildman–Crippen LogP) is 1.20. The van der Waals surface area contributed by atoms with Crippen LogP contribution in [0.4, 0.5) is 8.78 Å². The number of piperazine rings is 1. The molecule has 16 heavy (non-hydrogen) atoms. The fourth-order valence-electron chi connectivity index (χ4n) is 2.48. The zero-order valence-corrected chi connectivity index (χ0v) is 9.59. The van der Waals surface area contributed by atoms with Crippen molar-refractivity contribution in [3.8, 4) is 0 Å². The highest BCUT2D eigenvalue weighted by Gasteiger charge is 2.49. The Hall–Kier alpha value is -0.710. The molecule has 0 aromatic rings. The van der Waals surface area contributed by atoms with Crippen molar-refractivity contribution < 1.29 is 13.6 Å². The number of likely N-dealkylation sites (N-methyl/N-ethyl adjacent to an activating group) is 1. The minimum atomic E-state index is -2.78. The molecule has 0 spiro atoms. The molecule has 1 amide bonds. The summed E-state index contributed by atoms with van der Waals surface area (Å²) in [5, 5.41) is 0. The Kier molecular flexibility index (Phi) is 3.15. The van der Waals surface area contributed by atoms with E-state index >= 15 is 0 Å². The van der Waals surface area contributed by atoms with Crippen LogP contribution in [0.15, 0.2) is 0 Å². The second-order valence-corrected chi connectivity index (χ2v) is 4.83. The molecule has 0 N–H and O–H groups in total. The molecule has 1 aliphatic carbocycles. The molecule has 5 heteroatoms. The van der Waals surface area contributed by atoms with Crippen molar-refractivity contribution in [1.82, 2.24) is 9.80 Å². The summed E-state index contributed by atoms with van der Waals surface area (Å²) in [4.78, 5) is 15.7. The van der Waals surface area contributed by atoms with Crippen LogP contribution in [0, 0.1) is 5.92 Å². The smallest absolute Gasteiger partial charge is 0.259 e. The van der Waals surface area contributed by atoms with Gasteiger partial charge in [-0.25, -0.2) is 8.78 Å². The highest BCUT2D eigenvalue weighted by atomic mass is 19.3. The van der Waals surface area contributed by atoms with E-state index in [0.29, 0.717) is 25.9 Å². The lowest BCUT2D eigenvalue weighted by Gasteiger charge is -2.34. The SMILES string of the molecule is CN1CCN(C(=O)C2CCCC2(F)F)CC1. The number of halogens is 2. The monoisotopic (exact) mass is 232 g/mol. The Morgan fingerprint density at radius 2 is 1.88 bits per heavy atom. The van der Waals surface area contributed by atoms with Crippen molar-refractivity contribution in [2.45, 2.75) is 25.2 Å². The number of rotatable bonds is 1. The standard InChI is InChI=1S/C11H18F2N2O/c1-14-5-7-15(8-6-14)10(16)9-3-2-4-11(9,12)13/h9H,2-8H2,1H3. The van der Waals surface area contributed by atoms with Crippen molar-refractivity contribution in [2.24, 2.45) is 5.92 Å². The fraction of sp³-hybridized carbons (Fsp3) is 0.909. The first-order chi connectivity index (χ1) is 7.50. The molecule has 2 rings (SSSR count). The lowest BCUT2D eigenvalue weighted by atomic mass is 10.0. The van der Waals surface area contributed by atoms with Crippen molar-refractivity contribution in [3.63, 3.8) is 0 Å². The maximum atomic E-state index is 13.4. The van der Waals surface area contributed by atoms with Gasteiger partial charge in [0.05, 0.1) is 0 Å². The van der Waals surface area contributed by atoms with Crippen LogP contribution in [-0.2, 0) is 4.79 Å². The molecule has 0 aromatic heterocycles. The fourth-order valence-corrected chi connectivity index (χ4v) is 2.48. The minimum absolute atomic E-state index is 0.128. The van der Waals surface area contributed by atoms with E-state index in [2.05, 4.69) is 4.90 Å². The summed E-state index contributed by atoms with van der Waals surface area (Å²) >= 11 is 0. The molecule has 0 aromatic carbocycles. The van der Waals surface area contributed by atoms with Crippen LogP contribution >= 0.6 is 0 Å². The van der Waals surface area contributed by atoms with Gasteiger partial charge in [0.1, 0.15) is 5.92 Å². The number of carbonyl (C=O) groups excluding carboxylic acids is 1. The lowest BCUT2D eigenvalue weighted by Crippen LogP contribution is -2.50. The molecule has 2 fully saturated rings. The second-order valence-electron chi connectivity index (χ2n) is 4.83. The molecule has 0 bridgehead atoms. The van der Waals surface area contributed by atoms with Crippen LogP contribution in [0.25, 0.3) is 0 Å². The number of hydrogen-bond donors (Lipinski definition) is 0. The van der Waals surface area contributed by atoms with Crippen LogP contribution in [0.5, 0.6) is 0 Å².